The lowest BCUT2D eigenvalue weighted by atomic mass is 10.1. The Hall–Kier alpha value is -1.02. The van der Waals surface area contributed by atoms with Crippen LogP contribution >= 0.6 is 0 Å². The highest BCUT2D eigenvalue weighted by Gasteiger charge is 2.34. The third-order valence-corrected chi connectivity index (χ3v) is 3.73. The molecule has 0 aromatic heterocycles. The van der Waals surface area contributed by atoms with E-state index in [-0.39, 0.29) is 0 Å². The molecule has 1 saturated heterocycles. The Morgan fingerprint density at radius 1 is 1.13 bits per heavy atom. The molecule has 2 aliphatic rings. The van der Waals surface area contributed by atoms with E-state index < -0.39 is 0 Å². The van der Waals surface area contributed by atoms with Crippen molar-refractivity contribution in [1.29, 1.82) is 0 Å². The predicted octanol–water partition coefficient (Wildman–Crippen LogP) is 2.02. The van der Waals surface area contributed by atoms with E-state index in [4.69, 9.17) is 0 Å². The number of fused-ring (bicyclic) bond motifs is 1. The predicted molar refractivity (Wildman–Crippen MR) is 63.2 cm³/mol. The van der Waals surface area contributed by atoms with Gasteiger partial charge in [-0.1, -0.05) is 18.2 Å². The van der Waals surface area contributed by atoms with Crippen LogP contribution in [-0.2, 0) is 0 Å². The van der Waals surface area contributed by atoms with E-state index in [2.05, 4.69) is 40.5 Å². The van der Waals surface area contributed by atoms with Crippen molar-refractivity contribution in [2.45, 2.75) is 31.3 Å². The summed E-state index contributed by atoms with van der Waals surface area (Å²) in [6.07, 6.45) is 4.09. The van der Waals surface area contributed by atoms with E-state index in [0.29, 0.717) is 0 Å². The topological polar surface area (TPSA) is 15.3 Å². The highest BCUT2D eigenvalue weighted by atomic mass is 15.2. The Morgan fingerprint density at radius 2 is 2.00 bits per heavy atom. The van der Waals surface area contributed by atoms with Crippen LogP contribution in [-0.4, -0.2) is 25.2 Å². The SMILES string of the molecule is c1ccc(N2CCN[C@H]3CCC[C@@H]32)cc1. The summed E-state index contributed by atoms with van der Waals surface area (Å²) in [6.45, 7) is 2.29. The van der Waals surface area contributed by atoms with E-state index in [1.54, 1.807) is 0 Å². The zero-order valence-corrected chi connectivity index (χ0v) is 9.02. The fraction of sp³-hybridized carbons (Fsp3) is 0.538. The lowest BCUT2D eigenvalue weighted by molar-refractivity contribution is 0.404. The molecule has 3 rings (SSSR count). The fourth-order valence-corrected chi connectivity index (χ4v) is 3.03. The minimum atomic E-state index is 0.735. The summed E-state index contributed by atoms with van der Waals surface area (Å²) in [5, 5.41) is 3.64. The quantitative estimate of drug-likeness (QED) is 0.749. The number of hydrogen-bond acceptors (Lipinski definition) is 2. The molecule has 0 bridgehead atoms. The van der Waals surface area contributed by atoms with Gasteiger partial charge in [0.2, 0.25) is 0 Å². The van der Waals surface area contributed by atoms with Crippen molar-refractivity contribution in [3.8, 4) is 0 Å². The molecule has 1 N–H and O–H groups in total. The number of para-hydroxylation sites is 1. The minimum absolute atomic E-state index is 0.735. The Kier molecular flexibility index (Phi) is 2.37. The highest BCUT2D eigenvalue weighted by molar-refractivity contribution is 5.48. The summed E-state index contributed by atoms with van der Waals surface area (Å²) in [5.41, 5.74) is 1.40. The van der Waals surface area contributed by atoms with Crippen LogP contribution in [0.2, 0.25) is 0 Å². The molecule has 0 spiro atoms. The van der Waals surface area contributed by atoms with Gasteiger partial charge in [-0.3, -0.25) is 0 Å². The van der Waals surface area contributed by atoms with Crippen LogP contribution in [0.15, 0.2) is 30.3 Å². The molecule has 1 saturated carbocycles. The van der Waals surface area contributed by atoms with E-state index in [1.165, 1.54) is 24.9 Å². The van der Waals surface area contributed by atoms with Crippen molar-refractivity contribution in [3.05, 3.63) is 30.3 Å². The molecule has 0 unspecified atom stereocenters. The van der Waals surface area contributed by atoms with Crippen LogP contribution in [0.25, 0.3) is 0 Å². The minimum Gasteiger partial charge on any atom is -0.366 e. The van der Waals surface area contributed by atoms with Gasteiger partial charge in [0.05, 0.1) is 0 Å². The van der Waals surface area contributed by atoms with Gasteiger partial charge in [0.25, 0.3) is 0 Å². The maximum Gasteiger partial charge on any atom is 0.0443 e. The number of anilines is 1. The Labute approximate surface area is 91.3 Å². The summed E-state index contributed by atoms with van der Waals surface area (Å²) in [7, 11) is 0. The third kappa shape index (κ3) is 1.63. The summed E-state index contributed by atoms with van der Waals surface area (Å²) in [6, 6.07) is 12.3. The van der Waals surface area contributed by atoms with Gasteiger partial charge < -0.3 is 10.2 Å². The normalized spacial score (nSPS) is 30.3. The summed E-state index contributed by atoms with van der Waals surface area (Å²) in [5.74, 6) is 0. The van der Waals surface area contributed by atoms with Crippen LogP contribution in [0.3, 0.4) is 0 Å². The first-order valence-corrected chi connectivity index (χ1v) is 6.00. The second kappa shape index (κ2) is 3.86. The Bertz CT molecular complexity index is 323. The molecule has 1 aliphatic carbocycles. The van der Waals surface area contributed by atoms with E-state index in [0.717, 1.165) is 25.2 Å². The number of hydrogen-bond donors (Lipinski definition) is 1. The maximum atomic E-state index is 3.64. The largest absolute Gasteiger partial charge is 0.366 e. The molecule has 1 aromatic rings. The van der Waals surface area contributed by atoms with Crippen molar-refractivity contribution >= 4 is 5.69 Å². The lowest BCUT2D eigenvalue weighted by Crippen LogP contribution is -2.55. The van der Waals surface area contributed by atoms with Gasteiger partial charge in [-0.25, -0.2) is 0 Å². The van der Waals surface area contributed by atoms with Crippen molar-refractivity contribution in [2.24, 2.45) is 0 Å². The van der Waals surface area contributed by atoms with Crippen molar-refractivity contribution < 1.29 is 0 Å². The summed E-state index contributed by atoms with van der Waals surface area (Å²) in [4.78, 5) is 2.59. The van der Waals surface area contributed by atoms with Crippen LogP contribution < -0.4 is 10.2 Å². The molecule has 0 radical (unpaired) electrons. The molecule has 2 atom stereocenters. The smallest absolute Gasteiger partial charge is 0.0443 e. The maximum absolute atomic E-state index is 3.64. The van der Waals surface area contributed by atoms with E-state index in [9.17, 15) is 0 Å². The average molecular weight is 202 g/mol. The number of nitrogens with one attached hydrogen (secondary N) is 1. The molecule has 2 heteroatoms. The number of benzene rings is 1. The van der Waals surface area contributed by atoms with Crippen molar-refractivity contribution in [2.75, 3.05) is 18.0 Å². The number of rotatable bonds is 1. The van der Waals surface area contributed by atoms with Gasteiger partial charge in [0.15, 0.2) is 0 Å². The van der Waals surface area contributed by atoms with Crippen LogP contribution in [0.1, 0.15) is 19.3 Å². The number of piperazine rings is 1. The molecule has 1 heterocycles. The molecule has 1 aliphatic heterocycles. The first-order chi connectivity index (χ1) is 7.45. The van der Waals surface area contributed by atoms with Crippen molar-refractivity contribution in [3.63, 3.8) is 0 Å². The standard InChI is InChI=1S/C13H18N2/c1-2-5-11(6-3-1)15-10-9-14-12-7-4-8-13(12)15/h1-3,5-6,12-14H,4,7-10H2/t12-,13-/m0/s1. The van der Waals surface area contributed by atoms with Gasteiger partial charge in [-0.05, 0) is 31.4 Å². The highest BCUT2D eigenvalue weighted by Crippen LogP contribution is 2.30. The van der Waals surface area contributed by atoms with Gasteiger partial charge >= 0.3 is 0 Å². The first-order valence-electron chi connectivity index (χ1n) is 6.00. The molecule has 0 amide bonds. The average Bonchev–Trinajstić information content (AvgIpc) is 2.78. The lowest BCUT2D eigenvalue weighted by Gasteiger charge is -2.40. The summed E-state index contributed by atoms with van der Waals surface area (Å²) >= 11 is 0. The van der Waals surface area contributed by atoms with Crippen molar-refractivity contribution in [1.82, 2.24) is 5.32 Å². The Balaban J connectivity index is 1.85. The molecule has 2 fully saturated rings. The zero-order chi connectivity index (χ0) is 10.1. The van der Waals surface area contributed by atoms with Crippen LogP contribution in [0, 0.1) is 0 Å². The zero-order valence-electron chi connectivity index (χ0n) is 9.02. The van der Waals surface area contributed by atoms with Gasteiger partial charge in [-0.15, -0.1) is 0 Å². The third-order valence-electron chi connectivity index (χ3n) is 3.73. The molecular weight excluding hydrogens is 184 g/mol. The molecular formula is C13H18N2. The Morgan fingerprint density at radius 3 is 2.87 bits per heavy atom. The molecule has 15 heavy (non-hydrogen) atoms. The van der Waals surface area contributed by atoms with Gasteiger partial charge in [0, 0.05) is 30.9 Å². The van der Waals surface area contributed by atoms with Gasteiger partial charge in [-0.2, -0.15) is 0 Å². The summed E-state index contributed by atoms with van der Waals surface area (Å²) < 4.78 is 0. The van der Waals surface area contributed by atoms with Gasteiger partial charge in [0.1, 0.15) is 0 Å². The van der Waals surface area contributed by atoms with E-state index in [1.807, 2.05) is 0 Å². The van der Waals surface area contributed by atoms with Crippen LogP contribution in [0.5, 0.6) is 0 Å². The first kappa shape index (κ1) is 9.22. The number of nitrogens with zero attached hydrogens (tertiary/aromatic N) is 1. The molecule has 1 aromatic carbocycles. The second-order valence-electron chi connectivity index (χ2n) is 4.59. The second-order valence-corrected chi connectivity index (χ2v) is 4.59. The monoisotopic (exact) mass is 202 g/mol. The molecule has 80 valence electrons. The van der Waals surface area contributed by atoms with E-state index >= 15 is 0 Å². The molecule has 2 nitrogen and oxygen atoms in total. The fourth-order valence-electron chi connectivity index (χ4n) is 3.03. The van der Waals surface area contributed by atoms with Crippen LogP contribution in [0.4, 0.5) is 5.69 Å².